The van der Waals surface area contributed by atoms with Gasteiger partial charge in [-0.05, 0) is 56.0 Å². The van der Waals surface area contributed by atoms with Crippen molar-refractivity contribution in [3.05, 3.63) is 76.8 Å². The summed E-state index contributed by atoms with van der Waals surface area (Å²) < 4.78 is 13.4. The van der Waals surface area contributed by atoms with Gasteiger partial charge in [-0.25, -0.2) is 9.37 Å². The quantitative estimate of drug-likeness (QED) is 0.547. The number of likely N-dealkylation sites (tertiary alicyclic amines) is 1. The average Bonchev–Trinajstić information content (AvgIpc) is 2.79. The third-order valence-corrected chi connectivity index (χ3v) is 6.23. The highest BCUT2D eigenvalue weighted by atomic mass is 35.5. The second-order valence-electron chi connectivity index (χ2n) is 8.34. The van der Waals surface area contributed by atoms with Crippen LogP contribution in [-0.4, -0.2) is 39.9 Å². The number of hydrogen-bond donors (Lipinski definition) is 1. The van der Waals surface area contributed by atoms with Crippen molar-refractivity contribution in [3.8, 4) is 11.3 Å². The average molecular weight is 453 g/mol. The molecule has 1 aliphatic heterocycles. The summed E-state index contributed by atoms with van der Waals surface area (Å²) in [5.41, 5.74) is 2.88. The van der Waals surface area contributed by atoms with Crippen molar-refractivity contribution in [3.63, 3.8) is 0 Å². The Morgan fingerprint density at radius 3 is 2.75 bits per heavy atom. The topological polar surface area (TPSA) is 58.1 Å². The van der Waals surface area contributed by atoms with E-state index in [1.54, 1.807) is 18.3 Å². The standard InChI is InChI=1S/C25H26ClFN4O/c1-16-5-8-20(22-9-7-19(27)14-28-22)21(12-16)25(32)31-11-3-4-17(2)23(31)15-30-24-10-6-18(26)13-29-24/h5-10,12-14,17,23H,3-4,11,15H2,1-2H3,(H,29,30)/t17-,23-/m1/s1. The number of piperidine rings is 1. The maximum absolute atomic E-state index is 13.8. The van der Waals surface area contributed by atoms with Gasteiger partial charge in [0.25, 0.3) is 5.91 Å². The van der Waals surface area contributed by atoms with Crippen LogP contribution in [0, 0.1) is 18.7 Å². The minimum absolute atomic E-state index is 0.0169. The third-order valence-electron chi connectivity index (χ3n) is 6.01. The summed E-state index contributed by atoms with van der Waals surface area (Å²) in [5, 5.41) is 3.94. The summed E-state index contributed by atoms with van der Waals surface area (Å²) >= 11 is 5.93. The van der Waals surface area contributed by atoms with Crippen LogP contribution in [-0.2, 0) is 0 Å². The van der Waals surface area contributed by atoms with Gasteiger partial charge in [0.05, 0.1) is 23.0 Å². The predicted molar refractivity (Wildman–Crippen MR) is 125 cm³/mol. The summed E-state index contributed by atoms with van der Waals surface area (Å²) in [6, 6.07) is 12.4. The van der Waals surface area contributed by atoms with Crippen LogP contribution < -0.4 is 5.32 Å². The summed E-state index contributed by atoms with van der Waals surface area (Å²) in [4.78, 5) is 24.3. The van der Waals surface area contributed by atoms with Gasteiger partial charge in [0.15, 0.2) is 0 Å². The van der Waals surface area contributed by atoms with E-state index in [9.17, 15) is 9.18 Å². The fourth-order valence-electron chi connectivity index (χ4n) is 4.25. The molecule has 3 aromatic rings. The van der Waals surface area contributed by atoms with Gasteiger partial charge >= 0.3 is 0 Å². The SMILES string of the molecule is Cc1ccc(-c2ccc(F)cn2)c(C(=O)N2CCC[C@@H](C)[C@H]2CNc2ccc(Cl)cn2)c1. The molecule has 0 saturated carbocycles. The number of aromatic nitrogens is 2. The van der Waals surface area contributed by atoms with Gasteiger partial charge in [-0.15, -0.1) is 0 Å². The molecule has 1 saturated heterocycles. The van der Waals surface area contributed by atoms with Crippen molar-refractivity contribution < 1.29 is 9.18 Å². The van der Waals surface area contributed by atoms with Crippen molar-refractivity contribution in [2.45, 2.75) is 32.7 Å². The van der Waals surface area contributed by atoms with Gasteiger partial charge < -0.3 is 10.2 Å². The highest BCUT2D eigenvalue weighted by Crippen LogP contribution is 2.29. The molecule has 1 aromatic carbocycles. The zero-order valence-corrected chi connectivity index (χ0v) is 18.9. The first-order valence-electron chi connectivity index (χ1n) is 10.8. The van der Waals surface area contributed by atoms with E-state index < -0.39 is 5.82 Å². The Morgan fingerprint density at radius 1 is 1.19 bits per heavy atom. The number of anilines is 1. The molecule has 2 aromatic heterocycles. The fraction of sp³-hybridized carbons (Fsp3) is 0.320. The van der Waals surface area contributed by atoms with Crippen molar-refractivity contribution in [2.24, 2.45) is 5.92 Å². The van der Waals surface area contributed by atoms with E-state index in [0.29, 0.717) is 40.9 Å². The molecule has 0 unspecified atom stereocenters. The molecule has 5 nitrogen and oxygen atoms in total. The van der Waals surface area contributed by atoms with Gasteiger partial charge in [-0.3, -0.25) is 9.78 Å². The molecular formula is C25H26ClFN4O. The molecular weight excluding hydrogens is 427 g/mol. The van der Waals surface area contributed by atoms with Gasteiger partial charge in [-0.1, -0.05) is 36.2 Å². The van der Waals surface area contributed by atoms with E-state index in [-0.39, 0.29) is 11.9 Å². The Bertz CT molecular complexity index is 1090. The molecule has 0 bridgehead atoms. The van der Waals surface area contributed by atoms with Crippen LogP contribution >= 0.6 is 11.6 Å². The van der Waals surface area contributed by atoms with Crippen molar-refractivity contribution in [1.29, 1.82) is 0 Å². The smallest absolute Gasteiger partial charge is 0.254 e. The van der Waals surface area contributed by atoms with Crippen molar-refractivity contribution >= 4 is 23.3 Å². The molecule has 1 aliphatic rings. The summed E-state index contributed by atoms with van der Waals surface area (Å²) in [7, 11) is 0. The summed E-state index contributed by atoms with van der Waals surface area (Å²) in [5.74, 6) is 0.633. The van der Waals surface area contributed by atoms with E-state index in [0.717, 1.165) is 24.2 Å². The number of benzene rings is 1. The highest BCUT2D eigenvalue weighted by molar-refractivity contribution is 6.30. The second kappa shape index (κ2) is 9.65. The highest BCUT2D eigenvalue weighted by Gasteiger charge is 2.33. The molecule has 4 rings (SSSR count). The Kier molecular flexibility index (Phi) is 6.70. The van der Waals surface area contributed by atoms with Crippen molar-refractivity contribution in [2.75, 3.05) is 18.4 Å². The van der Waals surface area contributed by atoms with Crippen LogP contribution in [0.2, 0.25) is 5.02 Å². The molecule has 0 spiro atoms. The number of halogens is 2. The van der Waals surface area contributed by atoms with Gasteiger partial charge in [-0.2, -0.15) is 0 Å². The van der Waals surface area contributed by atoms with Crippen LogP contribution in [0.25, 0.3) is 11.3 Å². The lowest BCUT2D eigenvalue weighted by Crippen LogP contribution is -2.51. The number of aryl methyl sites for hydroxylation is 1. The van der Waals surface area contributed by atoms with Gasteiger partial charge in [0.2, 0.25) is 0 Å². The van der Waals surface area contributed by atoms with Crippen LogP contribution in [0.3, 0.4) is 0 Å². The van der Waals surface area contributed by atoms with Crippen LogP contribution in [0.15, 0.2) is 54.9 Å². The second-order valence-corrected chi connectivity index (χ2v) is 8.78. The number of hydrogen-bond acceptors (Lipinski definition) is 4. The molecule has 2 atom stereocenters. The predicted octanol–water partition coefficient (Wildman–Crippen LogP) is 5.60. The molecule has 1 N–H and O–H groups in total. The Balaban J connectivity index is 1.62. The Hall–Kier alpha value is -2.99. The zero-order valence-electron chi connectivity index (χ0n) is 18.2. The molecule has 7 heteroatoms. The van der Waals surface area contributed by atoms with Crippen LogP contribution in [0.4, 0.5) is 10.2 Å². The lowest BCUT2D eigenvalue weighted by atomic mass is 9.89. The first kappa shape index (κ1) is 22.2. The number of pyridine rings is 2. The number of amides is 1. The van der Waals surface area contributed by atoms with Crippen LogP contribution in [0.1, 0.15) is 35.7 Å². The largest absolute Gasteiger partial charge is 0.368 e. The lowest BCUT2D eigenvalue weighted by Gasteiger charge is -2.40. The number of nitrogens with one attached hydrogen (secondary N) is 1. The molecule has 1 amide bonds. The molecule has 32 heavy (non-hydrogen) atoms. The van der Waals surface area contributed by atoms with E-state index in [2.05, 4.69) is 22.2 Å². The monoisotopic (exact) mass is 452 g/mol. The molecule has 3 heterocycles. The number of carbonyl (C=O) groups is 1. The minimum Gasteiger partial charge on any atom is -0.368 e. The van der Waals surface area contributed by atoms with Gasteiger partial charge in [0.1, 0.15) is 11.6 Å². The van der Waals surface area contributed by atoms with E-state index in [4.69, 9.17) is 11.6 Å². The van der Waals surface area contributed by atoms with E-state index >= 15 is 0 Å². The maximum atomic E-state index is 13.8. The molecule has 0 radical (unpaired) electrons. The Labute approximate surface area is 192 Å². The Morgan fingerprint density at radius 2 is 2.03 bits per heavy atom. The number of carbonyl (C=O) groups excluding carboxylic acids is 1. The fourth-order valence-corrected chi connectivity index (χ4v) is 4.36. The normalized spacial score (nSPS) is 18.4. The summed E-state index contributed by atoms with van der Waals surface area (Å²) in [6.45, 7) is 5.42. The molecule has 1 fully saturated rings. The van der Waals surface area contributed by atoms with E-state index in [1.165, 1.54) is 12.3 Å². The van der Waals surface area contributed by atoms with Crippen LogP contribution in [0.5, 0.6) is 0 Å². The third kappa shape index (κ3) is 4.91. The maximum Gasteiger partial charge on any atom is 0.254 e. The first-order chi connectivity index (χ1) is 15.4. The number of nitrogens with zero attached hydrogens (tertiary/aromatic N) is 3. The minimum atomic E-state index is -0.402. The number of rotatable bonds is 5. The van der Waals surface area contributed by atoms with Gasteiger partial charge in [0, 0.05) is 30.4 Å². The van der Waals surface area contributed by atoms with E-state index in [1.807, 2.05) is 36.1 Å². The molecule has 0 aliphatic carbocycles. The first-order valence-corrected chi connectivity index (χ1v) is 11.2. The lowest BCUT2D eigenvalue weighted by molar-refractivity contribution is 0.0540. The van der Waals surface area contributed by atoms with Crippen molar-refractivity contribution in [1.82, 2.24) is 14.9 Å². The summed E-state index contributed by atoms with van der Waals surface area (Å²) in [6.07, 6.45) is 4.80. The molecule has 166 valence electrons. The zero-order chi connectivity index (χ0) is 22.7.